The molecule has 174 valence electrons. The maximum absolute atomic E-state index is 4.95. The van der Waals surface area contributed by atoms with Gasteiger partial charge >= 0.3 is 0 Å². The third-order valence-electron chi connectivity index (χ3n) is 5.72. The van der Waals surface area contributed by atoms with Crippen LogP contribution in [0, 0.1) is 0 Å². The van der Waals surface area contributed by atoms with Gasteiger partial charge in [-0.25, -0.2) is 0 Å². The van der Waals surface area contributed by atoms with Gasteiger partial charge in [-0.3, -0.25) is 4.98 Å². The molecular weight excluding hydrogens is 428 g/mol. The van der Waals surface area contributed by atoms with Crippen molar-refractivity contribution in [2.24, 2.45) is 0 Å². The number of rotatable bonds is 9. The summed E-state index contributed by atoms with van der Waals surface area (Å²) in [5.74, 6) is 0.674. The van der Waals surface area contributed by atoms with Crippen LogP contribution in [-0.2, 0) is 5.41 Å². The zero-order valence-corrected chi connectivity index (χ0v) is 21.2. The second-order valence-electron chi connectivity index (χ2n) is 9.50. The molecule has 33 heavy (non-hydrogen) atoms. The molecule has 0 spiro atoms. The Hall–Kier alpha value is -2.80. The van der Waals surface area contributed by atoms with Crippen molar-refractivity contribution in [1.29, 1.82) is 0 Å². The maximum Gasteiger partial charge on any atom is 0.203 e. The second-order valence-corrected chi connectivity index (χ2v) is 10.6. The van der Waals surface area contributed by atoms with E-state index in [0.29, 0.717) is 5.82 Å². The Bertz CT molecular complexity index is 1230. The number of aromatic nitrogens is 5. The monoisotopic (exact) mass is 462 g/mol. The van der Waals surface area contributed by atoms with E-state index >= 15 is 0 Å². The molecule has 7 heteroatoms. The first-order valence-electron chi connectivity index (χ1n) is 12.0. The number of hydrogen-bond donors (Lipinski definition) is 0. The van der Waals surface area contributed by atoms with Crippen molar-refractivity contribution in [2.75, 3.05) is 18.0 Å². The van der Waals surface area contributed by atoms with Gasteiger partial charge in [-0.05, 0) is 43.2 Å². The molecule has 0 aliphatic heterocycles. The molecule has 0 atom stereocenters. The fourth-order valence-electron chi connectivity index (χ4n) is 3.91. The summed E-state index contributed by atoms with van der Waals surface area (Å²) >= 11 is 1.84. The van der Waals surface area contributed by atoms with E-state index in [0.717, 1.165) is 35.3 Å². The van der Waals surface area contributed by atoms with Gasteiger partial charge in [0, 0.05) is 34.8 Å². The average molecular weight is 463 g/mol. The van der Waals surface area contributed by atoms with E-state index in [1.54, 1.807) is 6.20 Å². The Kier molecular flexibility index (Phi) is 7.08. The first kappa shape index (κ1) is 23.4. The topological polar surface area (TPSA) is 59.2 Å². The minimum absolute atomic E-state index is 0.123. The van der Waals surface area contributed by atoms with E-state index < -0.39 is 0 Å². The highest BCUT2D eigenvalue weighted by Crippen LogP contribution is 2.28. The summed E-state index contributed by atoms with van der Waals surface area (Å²) in [6, 6.07) is 10.3. The van der Waals surface area contributed by atoms with Gasteiger partial charge in [-0.1, -0.05) is 53.5 Å². The van der Waals surface area contributed by atoms with Crippen LogP contribution in [0.25, 0.3) is 23.2 Å². The summed E-state index contributed by atoms with van der Waals surface area (Å²) in [6.45, 7) is 13.3. The number of thiophene rings is 1. The van der Waals surface area contributed by atoms with E-state index in [4.69, 9.17) is 5.10 Å². The molecule has 0 N–H and O–H groups in total. The number of hydrogen-bond acceptors (Lipinski definition) is 6. The normalized spacial score (nSPS) is 12.7. The highest BCUT2D eigenvalue weighted by molar-refractivity contribution is 7.16. The van der Waals surface area contributed by atoms with Crippen molar-refractivity contribution >= 4 is 28.1 Å². The number of fused-ring (bicyclic) bond motifs is 1. The lowest BCUT2D eigenvalue weighted by Gasteiger charge is -2.22. The lowest BCUT2D eigenvalue weighted by molar-refractivity contribution is 0.559. The smallest absolute Gasteiger partial charge is 0.203 e. The quantitative estimate of drug-likeness (QED) is 0.329. The molecule has 0 aliphatic rings. The largest absolute Gasteiger partial charge is 0.363 e. The molecule has 0 bridgehead atoms. The molecule has 0 fully saturated rings. The van der Waals surface area contributed by atoms with Crippen LogP contribution >= 0.6 is 11.3 Å². The van der Waals surface area contributed by atoms with Crippen LogP contribution in [0.1, 0.15) is 70.9 Å². The Labute approximate surface area is 200 Å². The minimum atomic E-state index is -0.123. The van der Waals surface area contributed by atoms with Gasteiger partial charge in [0.1, 0.15) is 5.69 Å². The van der Waals surface area contributed by atoms with E-state index in [1.165, 1.54) is 35.6 Å². The lowest BCUT2D eigenvalue weighted by atomic mass is 9.91. The number of anilines is 1. The molecule has 4 rings (SSSR count). The second kappa shape index (κ2) is 10.00. The van der Waals surface area contributed by atoms with Gasteiger partial charge in [-0.15, -0.1) is 21.5 Å². The predicted octanol–water partition coefficient (Wildman–Crippen LogP) is 5.50. The summed E-state index contributed by atoms with van der Waals surface area (Å²) in [7, 11) is 0. The van der Waals surface area contributed by atoms with Crippen LogP contribution in [-0.4, -0.2) is 37.9 Å². The molecule has 4 heterocycles. The summed E-state index contributed by atoms with van der Waals surface area (Å²) in [4.78, 5) is 8.20. The molecule has 0 aromatic carbocycles. The van der Waals surface area contributed by atoms with Crippen LogP contribution in [0.2, 0.25) is 0 Å². The summed E-state index contributed by atoms with van der Waals surface area (Å²) in [5, 5.41) is 16.3. The zero-order valence-electron chi connectivity index (χ0n) is 20.4. The van der Waals surface area contributed by atoms with Crippen molar-refractivity contribution in [2.45, 2.75) is 65.7 Å². The molecule has 6 nitrogen and oxygen atoms in total. The molecular formula is C26H34N6S. The van der Waals surface area contributed by atoms with Crippen molar-refractivity contribution in [3.63, 3.8) is 0 Å². The molecule has 0 saturated carbocycles. The fraction of sp³-hybridized carbons (Fsp3) is 0.462. The van der Waals surface area contributed by atoms with Crippen LogP contribution < -0.4 is 10.1 Å². The predicted molar refractivity (Wildman–Crippen MR) is 138 cm³/mol. The Morgan fingerprint density at radius 3 is 2.39 bits per heavy atom. The molecule has 0 saturated heterocycles. The Morgan fingerprint density at radius 2 is 1.76 bits per heavy atom. The Balaban J connectivity index is 1.78. The van der Waals surface area contributed by atoms with Crippen molar-refractivity contribution in [3.8, 4) is 11.5 Å². The number of pyridine rings is 1. The van der Waals surface area contributed by atoms with E-state index in [-0.39, 0.29) is 5.41 Å². The molecule has 0 amide bonds. The van der Waals surface area contributed by atoms with Crippen molar-refractivity contribution in [3.05, 3.63) is 52.3 Å². The molecule has 0 aliphatic carbocycles. The molecule has 0 radical (unpaired) electrons. The fourth-order valence-corrected chi connectivity index (χ4v) is 4.91. The zero-order chi connectivity index (χ0) is 23.4. The standard InChI is InChI=1S/C26H34N6S/c1-6-8-16-31(17-9-7-2)22-14-13-19(33-22)18-20-23(26(3,4)5)30-32-24(20)28-29-25(32)21-12-10-11-15-27-21/h10-15,18H,6-9,16-17H2,1-5H3. The van der Waals surface area contributed by atoms with E-state index in [9.17, 15) is 0 Å². The van der Waals surface area contributed by atoms with Gasteiger partial charge in [-0.2, -0.15) is 9.61 Å². The Morgan fingerprint density at radius 1 is 1.00 bits per heavy atom. The molecule has 4 aromatic rings. The van der Waals surface area contributed by atoms with Crippen LogP contribution in [0.4, 0.5) is 5.00 Å². The number of nitrogens with zero attached hydrogens (tertiary/aromatic N) is 6. The van der Waals surface area contributed by atoms with Gasteiger partial charge in [0.15, 0.2) is 5.65 Å². The maximum atomic E-state index is 4.95. The average Bonchev–Trinajstić information content (AvgIpc) is 3.51. The highest BCUT2D eigenvalue weighted by atomic mass is 32.1. The van der Waals surface area contributed by atoms with Gasteiger partial charge in [0.05, 0.1) is 10.7 Å². The van der Waals surface area contributed by atoms with Crippen LogP contribution in [0.5, 0.6) is 0 Å². The highest BCUT2D eigenvalue weighted by Gasteiger charge is 2.24. The van der Waals surface area contributed by atoms with Crippen LogP contribution in [0.3, 0.4) is 0 Å². The van der Waals surface area contributed by atoms with Crippen LogP contribution in [0.15, 0.2) is 36.5 Å². The van der Waals surface area contributed by atoms with E-state index in [2.05, 4.69) is 72.9 Å². The first-order valence-corrected chi connectivity index (χ1v) is 12.8. The SMILES string of the molecule is CCCCN(CCCC)c1ccc(C=c2c(C(C)(C)C)nn3c(-c4ccccn4)nnc23)s1. The van der Waals surface area contributed by atoms with Gasteiger partial charge < -0.3 is 4.90 Å². The molecule has 4 aromatic heterocycles. The minimum Gasteiger partial charge on any atom is -0.363 e. The third kappa shape index (κ3) is 5.08. The van der Waals surface area contributed by atoms with Gasteiger partial charge in [0.2, 0.25) is 5.82 Å². The van der Waals surface area contributed by atoms with Crippen molar-refractivity contribution in [1.82, 2.24) is 24.8 Å². The first-order chi connectivity index (χ1) is 15.9. The lowest BCUT2D eigenvalue weighted by Crippen LogP contribution is -2.24. The number of unbranched alkanes of at least 4 members (excludes halogenated alkanes) is 2. The third-order valence-corrected chi connectivity index (χ3v) is 6.81. The molecule has 0 unspecified atom stereocenters. The van der Waals surface area contributed by atoms with Crippen molar-refractivity contribution < 1.29 is 0 Å². The van der Waals surface area contributed by atoms with E-state index in [1.807, 2.05) is 34.1 Å². The summed E-state index contributed by atoms with van der Waals surface area (Å²) in [5.41, 5.74) is 2.45. The summed E-state index contributed by atoms with van der Waals surface area (Å²) in [6.07, 6.45) is 8.87. The summed E-state index contributed by atoms with van der Waals surface area (Å²) < 4.78 is 1.85. The van der Waals surface area contributed by atoms with Gasteiger partial charge in [0.25, 0.3) is 0 Å².